The summed E-state index contributed by atoms with van der Waals surface area (Å²) < 4.78 is 6.27. The highest BCUT2D eigenvalue weighted by Gasteiger charge is 2.06. The molecule has 0 aliphatic rings. The van der Waals surface area contributed by atoms with E-state index >= 15 is 0 Å². The van der Waals surface area contributed by atoms with Crippen LogP contribution in [-0.2, 0) is 11.2 Å². The van der Waals surface area contributed by atoms with Gasteiger partial charge in [0.25, 0.3) is 0 Å². The van der Waals surface area contributed by atoms with Crippen LogP contribution in [0.2, 0.25) is 0 Å². The summed E-state index contributed by atoms with van der Waals surface area (Å²) >= 11 is 2.18. The van der Waals surface area contributed by atoms with E-state index in [1.54, 1.807) is 12.3 Å². The molecule has 0 bridgehead atoms. The van der Waals surface area contributed by atoms with Gasteiger partial charge in [0, 0.05) is 16.0 Å². The lowest BCUT2D eigenvalue weighted by Gasteiger charge is -2.05. The van der Waals surface area contributed by atoms with Crippen LogP contribution < -0.4 is 0 Å². The Morgan fingerprint density at radius 1 is 1.26 bits per heavy atom. The maximum absolute atomic E-state index is 11.8. The molecule has 0 aliphatic heterocycles. The topological polar surface area (TPSA) is 39.2 Å². The third-order valence-electron chi connectivity index (χ3n) is 2.63. The van der Waals surface area contributed by atoms with E-state index in [1.807, 2.05) is 36.5 Å². The first-order chi connectivity index (χ1) is 9.25. The van der Waals surface area contributed by atoms with Gasteiger partial charge in [-0.05, 0) is 65.3 Å². The maximum atomic E-state index is 11.8. The fourth-order valence-electron chi connectivity index (χ4n) is 1.69. The minimum absolute atomic E-state index is 0.260. The Morgan fingerprint density at radius 2 is 2.16 bits per heavy atom. The van der Waals surface area contributed by atoms with Crippen molar-refractivity contribution < 1.29 is 9.53 Å². The Kier molecular flexibility index (Phi) is 5.32. The van der Waals surface area contributed by atoms with Crippen molar-refractivity contribution in [2.45, 2.75) is 12.8 Å². The molecular formula is C15H14INO2. The van der Waals surface area contributed by atoms with Crippen molar-refractivity contribution in [3.63, 3.8) is 0 Å². The lowest BCUT2D eigenvalue weighted by Crippen LogP contribution is -2.07. The number of rotatable bonds is 5. The monoisotopic (exact) mass is 367 g/mol. The van der Waals surface area contributed by atoms with Gasteiger partial charge in [0.1, 0.15) is 0 Å². The molecule has 1 aromatic heterocycles. The van der Waals surface area contributed by atoms with Crippen molar-refractivity contribution in [2.75, 3.05) is 6.61 Å². The van der Waals surface area contributed by atoms with Crippen LogP contribution in [0.5, 0.6) is 0 Å². The van der Waals surface area contributed by atoms with Crippen LogP contribution in [0.3, 0.4) is 0 Å². The number of hydrogen-bond donors (Lipinski definition) is 0. The summed E-state index contributed by atoms with van der Waals surface area (Å²) in [4.78, 5) is 15.8. The molecule has 0 saturated heterocycles. The first-order valence-electron chi connectivity index (χ1n) is 6.07. The molecule has 3 nitrogen and oxygen atoms in total. The van der Waals surface area contributed by atoms with Crippen LogP contribution in [0.25, 0.3) is 0 Å². The van der Waals surface area contributed by atoms with E-state index in [1.165, 1.54) is 0 Å². The van der Waals surface area contributed by atoms with Gasteiger partial charge in [0.05, 0.1) is 12.2 Å². The molecule has 2 aromatic rings. The number of hydrogen-bond acceptors (Lipinski definition) is 3. The lowest BCUT2D eigenvalue weighted by atomic mass is 10.2. The summed E-state index contributed by atoms with van der Waals surface area (Å²) in [6.45, 7) is 0.430. The fraction of sp³-hybridized carbons (Fsp3) is 0.200. The van der Waals surface area contributed by atoms with Gasteiger partial charge in [0.15, 0.2) is 0 Å². The number of benzene rings is 1. The first-order valence-corrected chi connectivity index (χ1v) is 7.15. The van der Waals surface area contributed by atoms with Crippen molar-refractivity contribution >= 4 is 28.6 Å². The molecule has 0 radical (unpaired) electrons. The average Bonchev–Trinajstić information content (AvgIpc) is 2.44. The van der Waals surface area contributed by atoms with E-state index in [-0.39, 0.29) is 5.97 Å². The fourth-order valence-corrected chi connectivity index (χ4v) is 2.23. The van der Waals surface area contributed by atoms with E-state index < -0.39 is 0 Å². The third-order valence-corrected chi connectivity index (χ3v) is 3.30. The molecule has 1 aromatic carbocycles. The summed E-state index contributed by atoms with van der Waals surface area (Å²) in [6.07, 6.45) is 5.26. The molecule has 2 rings (SSSR count). The third kappa shape index (κ3) is 4.63. The first kappa shape index (κ1) is 14.0. The van der Waals surface area contributed by atoms with Gasteiger partial charge in [-0.2, -0.15) is 0 Å². The molecule has 0 amide bonds. The van der Waals surface area contributed by atoms with Crippen LogP contribution in [0, 0.1) is 3.57 Å². The second kappa shape index (κ2) is 7.23. The Bertz CT molecular complexity index is 543. The standard InChI is InChI=1S/C15H14INO2/c16-14-7-1-6-13(10-14)15(18)19-9-3-5-12-4-2-8-17-11-12/h1-2,4,6-8,10-11H,3,5,9H2. The zero-order valence-electron chi connectivity index (χ0n) is 10.4. The lowest BCUT2D eigenvalue weighted by molar-refractivity contribution is 0.0500. The van der Waals surface area contributed by atoms with E-state index in [0.29, 0.717) is 12.2 Å². The van der Waals surface area contributed by atoms with Crippen molar-refractivity contribution in [3.05, 3.63) is 63.5 Å². The zero-order valence-corrected chi connectivity index (χ0v) is 12.5. The smallest absolute Gasteiger partial charge is 0.338 e. The molecule has 0 aliphatic carbocycles. The second-order valence-corrected chi connectivity index (χ2v) is 5.36. The normalized spacial score (nSPS) is 10.2. The van der Waals surface area contributed by atoms with Crippen LogP contribution in [0.1, 0.15) is 22.3 Å². The number of aromatic nitrogens is 1. The van der Waals surface area contributed by atoms with Crippen molar-refractivity contribution in [2.24, 2.45) is 0 Å². The highest BCUT2D eigenvalue weighted by Crippen LogP contribution is 2.09. The Balaban J connectivity index is 1.75. The predicted molar refractivity (Wildman–Crippen MR) is 82.0 cm³/mol. The summed E-state index contributed by atoms with van der Waals surface area (Å²) in [7, 11) is 0. The van der Waals surface area contributed by atoms with Gasteiger partial charge in [0.2, 0.25) is 0 Å². The molecule has 19 heavy (non-hydrogen) atoms. The highest BCUT2D eigenvalue weighted by atomic mass is 127. The minimum atomic E-state index is -0.260. The van der Waals surface area contributed by atoms with Crippen LogP contribution >= 0.6 is 22.6 Å². The van der Waals surface area contributed by atoms with E-state index in [4.69, 9.17) is 4.74 Å². The number of esters is 1. The molecule has 0 fully saturated rings. The largest absolute Gasteiger partial charge is 0.462 e. The SMILES string of the molecule is O=C(OCCCc1cccnc1)c1cccc(I)c1. The molecule has 0 unspecified atom stereocenters. The Labute approximate surface area is 126 Å². The molecule has 0 saturated carbocycles. The number of pyridine rings is 1. The van der Waals surface area contributed by atoms with Crippen molar-refractivity contribution in [1.29, 1.82) is 0 Å². The number of aryl methyl sites for hydroxylation is 1. The quantitative estimate of drug-likeness (QED) is 0.462. The maximum Gasteiger partial charge on any atom is 0.338 e. The van der Waals surface area contributed by atoms with Gasteiger partial charge in [-0.15, -0.1) is 0 Å². The van der Waals surface area contributed by atoms with Gasteiger partial charge in [-0.25, -0.2) is 4.79 Å². The predicted octanol–water partition coefficient (Wildman–Crippen LogP) is 3.48. The van der Waals surface area contributed by atoms with E-state index in [2.05, 4.69) is 27.6 Å². The number of carbonyl (C=O) groups excluding carboxylic acids is 1. The summed E-state index contributed by atoms with van der Waals surface area (Å²) in [5.74, 6) is -0.260. The molecular weight excluding hydrogens is 353 g/mol. The van der Waals surface area contributed by atoms with Crippen molar-refractivity contribution in [1.82, 2.24) is 4.98 Å². The van der Waals surface area contributed by atoms with Crippen LogP contribution in [-0.4, -0.2) is 17.6 Å². The number of ether oxygens (including phenoxy) is 1. The van der Waals surface area contributed by atoms with Gasteiger partial charge in [-0.3, -0.25) is 4.98 Å². The average molecular weight is 367 g/mol. The van der Waals surface area contributed by atoms with Crippen LogP contribution in [0.15, 0.2) is 48.8 Å². The molecule has 0 N–H and O–H groups in total. The van der Waals surface area contributed by atoms with Gasteiger partial charge < -0.3 is 4.74 Å². The Hall–Kier alpha value is -1.43. The molecule has 0 spiro atoms. The zero-order chi connectivity index (χ0) is 13.5. The molecule has 4 heteroatoms. The van der Waals surface area contributed by atoms with E-state index in [9.17, 15) is 4.79 Å². The molecule has 0 atom stereocenters. The summed E-state index contributed by atoms with van der Waals surface area (Å²) in [5, 5.41) is 0. The van der Waals surface area contributed by atoms with Crippen molar-refractivity contribution in [3.8, 4) is 0 Å². The number of halogens is 1. The molecule has 1 heterocycles. The van der Waals surface area contributed by atoms with Gasteiger partial charge in [-0.1, -0.05) is 12.1 Å². The summed E-state index contributed by atoms with van der Waals surface area (Å²) in [6, 6.07) is 11.3. The molecule has 98 valence electrons. The minimum Gasteiger partial charge on any atom is -0.462 e. The van der Waals surface area contributed by atoms with E-state index in [0.717, 1.165) is 22.0 Å². The van der Waals surface area contributed by atoms with Crippen LogP contribution in [0.4, 0.5) is 0 Å². The Morgan fingerprint density at radius 3 is 2.89 bits per heavy atom. The summed E-state index contributed by atoms with van der Waals surface area (Å²) in [5.41, 5.74) is 1.76. The number of carbonyl (C=O) groups is 1. The second-order valence-electron chi connectivity index (χ2n) is 4.11. The highest BCUT2D eigenvalue weighted by molar-refractivity contribution is 14.1. The number of nitrogens with zero attached hydrogens (tertiary/aromatic N) is 1. The van der Waals surface area contributed by atoms with Gasteiger partial charge >= 0.3 is 5.97 Å².